The van der Waals surface area contributed by atoms with Gasteiger partial charge in [-0.05, 0) is 42.3 Å². The number of hydrogen-bond acceptors (Lipinski definition) is 4. The zero-order valence-electron chi connectivity index (χ0n) is 15.0. The van der Waals surface area contributed by atoms with Crippen molar-refractivity contribution in [3.63, 3.8) is 0 Å². The fourth-order valence-electron chi connectivity index (χ4n) is 2.41. The number of aliphatic carboxylic acids is 1. The number of benzene rings is 2. The summed E-state index contributed by atoms with van der Waals surface area (Å²) in [5.41, 5.74) is 0.611. The van der Waals surface area contributed by atoms with Crippen molar-refractivity contribution in [1.29, 1.82) is 0 Å². The third-order valence-corrected chi connectivity index (χ3v) is 5.62. The molecular weight excluding hydrogens is 368 g/mol. The molecule has 144 valence electrons. The third-order valence-electron chi connectivity index (χ3n) is 4.22. The van der Waals surface area contributed by atoms with Crippen LogP contribution in [-0.4, -0.2) is 31.4 Å². The standard InChI is InChI=1S/C19H22N2O5S/c1-3-13(2)17(19(23)24)20-18(22)14-9-11-16(12-10-14)27(25,26)21-15-7-5-4-6-8-15/h4-13,17,21H,3H2,1-2H3,(H,20,22)(H,23,24)/t13-,17-/m0/s1. The Kier molecular flexibility index (Phi) is 6.57. The van der Waals surface area contributed by atoms with E-state index in [0.29, 0.717) is 12.1 Å². The lowest BCUT2D eigenvalue weighted by Gasteiger charge is -2.20. The Morgan fingerprint density at radius 2 is 1.63 bits per heavy atom. The van der Waals surface area contributed by atoms with Crippen LogP contribution in [0.3, 0.4) is 0 Å². The zero-order chi connectivity index (χ0) is 20.0. The molecule has 0 bridgehead atoms. The summed E-state index contributed by atoms with van der Waals surface area (Å²) in [5.74, 6) is -1.91. The topological polar surface area (TPSA) is 113 Å². The average molecular weight is 390 g/mol. The molecule has 0 radical (unpaired) electrons. The van der Waals surface area contributed by atoms with E-state index in [-0.39, 0.29) is 16.4 Å². The lowest BCUT2D eigenvalue weighted by molar-refractivity contribution is -0.140. The summed E-state index contributed by atoms with van der Waals surface area (Å²) >= 11 is 0. The Hall–Kier alpha value is -2.87. The Balaban J connectivity index is 2.14. The van der Waals surface area contributed by atoms with Gasteiger partial charge in [-0.3, -0.25) is 9.52 Å². The summed E-state index contributed by atoms with van der Waals surface area (Å²) in [6, 6.07) is 12.7. The second-order valence-electron chi connectivity index (χ2n) is 6.17. The number of hydrogen-bond donors (Lipinski definition) is 3. The molecule has 2 rings (SSSR count). The van der Waals surface area contributed by atoms with Gasteiger partial charge in [0, 0.05) is 11.3 Å². The molecule has 0 heterocycles. The Labute approximate surface area is 158 Å². The van der Waals surface area contributed by atoms with Crippen molar-refractivity contribution < 1.29 is 23.1 Å². The molecule has 0 aliphatic rings. The number of sulfonamides is 1. The van der Waals surface area contributed by atoms with E-state index in [2.05, 4.69) is 10.0 Å². The molecule has 2 atom stereocenters. The Bertz CT molecular complexity index is 895. The number of anilines is 1. The molecule has 8 heteroatoms. The molecule has 0 aliphatic heterocycles. The molecular formula is C19H22N2O5S. The molecule has 0 fully saturated rings. The van der Waals surface area contributed by atoms with Crippen LogP contribution >= 0.6 is 0 Å². The number of rotatable bonds is 8. The fraction of sp³-hybridized carbons (Fsp3) is 0.263. The molecule has 2 aromatic carbocycles. The highest BCUT2D eigenvalue weighted by molar-refractivity contribution is 7.92. The highest BCUT2D eigenvalue weighted by Gasteiger charge is 2.26. The number of para-hydroxylation sites is 1. The van der Waals surface area contributed by atoms with E-state index in [0.717, 1.165) is 0 Å². The smallest absolute Gasteiger partial charge is 0.326 e. The van der Waals surface area contributed by atoms with Crippen molar-refractivity contribution in [3.8, 4) is 0 Å². The largest absolute Gasteiger partial charge is 0.480 e. The van der Waals surface area contributed by atoms with Crippen LogP contribution in [0.15, 0.2) is 59.5 Å². The van der Waals surface area contributed by atoms with Gasteiger partial charge in [-0.1, -0.05) is 38.5 Å². The first-order valence-electron chi connectivity index (χ1n) is 8.46. The van der Waals surface area contributed by atoms with Crippen LogP contribution in [0, 0.1) is 5.92 Å². The lowest BCUT2D eigenvalue weighted by atomic mass is 9.99. The summed E-state index contributed by atoms with van der Waals surface area (Å²) in [6.45, 7) is 3.58. The number of carbonyl (C=O) groups is 2. The van der Waals surface area contributed by atoms with Gasteiger partial charge in [0.15, 0.2) is 0 Å². The monoisotopic (exact) mass is 390 g/mol. The second-order valence-corrected chi connectivity index (χ2v) is 7.85. The van der Waals surface area contributed by atoms with Crippen LogP contribution in [-0.2, 0) is 14.8 Å². The molecule has 1 amide bonds. The number of nitrogens with one attached hydrogen (secondary N) is 2. The minimum Gasteiger partial charge on any atom is -0.480 e. The van der Waals surface area contributed by atoms with Gasteiger partial charge in [-0.25, -0.2) is 13.2 Å². The predicted molar refractivity (Wildman–Crippen MR) is 102 cm³/mol. The van der Waals surface area contributed by atoms with Gasteiger partial charge >= 0.3 is 5.97 Å². The minimum atomic E-state index is -3.79. The van der Waals surface area contributed by atoms with Crippen LogP contribution < -0.4 is 10.0 Å². The maximum atomic E-state index is 12.4. The second kappa shape index (κ2) is 8.68. The van der Waals surface area contributed by atoms with Crippen LogP contribution in [0.5, 0.6) is 0 Å². The summed E-state index contributed by atoms with van der Waals surface area (Å²) in [7, 11) is -3.79. The van der Waals surface area contributed by atoms with E-state index in [1.165, 1.54) is 24.3 Å². The summed E-state index contributed by atoms with van der Waals surface area (Å²) in [5, 5.41) is 11.7. The predicted octanol–water partition coefficient (Wildman–Crippen LogP) is 2.72. The van der Waals surface area contributed by atoms with Crippen LogP contribution in [0.25, 0.3) is 0 Å². The molecule has 2 aromatic rings. The van der Waals surface area contributed by atoms with Crippen molar-refractivity contribution in [2.24, 2.45) is 5.92 Å². The maximum absolute atomic E-state index is 12.4. The van der Waals surface area contributed by atoms with Gasteiger partial charge in [0.25, 0.3) is 15.9 Å². The molecule has 0 saturated carbocycles. The summed E-state index contributed by atoms with van der Waals surface area (Å²) in [6.07, 6.45) is 0.597. The normalized spacial score (nSPS) is 13.4. The molecule has 3 N–H and O–H groups in total. The highest BCUT2D eigenvalue weighted by atomic mass is 32.2. The van der Waals surface area contributed by atoms with E-state index in [4.69, 9.17) is 0 Å². The maximum Gasteiger partial charge on any atom is 0.326 e. The van der Waals surface area contributed by atoms with Crippen molar-refractivity contribution >= 4 is 27.6 Å². The average Bonchev–Trinajstić information content (AvgIpc) is 2.65. The van der Waals surface area contributed by atoms with E-state index < -0.39 is 27.9 Å². The van der Waals surface area contributed by atoms with Gasteiger partial charge in [0.2, 0.25) is 0 Å². The van der Waals surface area contributed by atoms with Crippen molar-refractivity contribution in [1.82, 2.24) is 5.32 Å². The third kappa shape index (κ3) is 5.30. The molecule has 0 aromatic heterocycles. The molecule has 0 aliphatic carbocycles. The number of carboxylic acid groups (broad SMARTS) is 1. The van der Waals surface area contributed by atoms with E-state index >= 15 is 0 Å². The zero-order valence-corrected chi connectivity index (χ0v) is 15.9. The SMILES string of the molecule is CC[C@H](C)[C@H](NC(=O)c1ccc(S(=O)(=O)Nc2ccccc2)cc1)C(=O)O. The van der Waals surface area contributed by atoms with Gasteiger partial charge in [-0.2, -0.15) is 0 Å². The van der Waals surface area contributed by atoms with Crippen LogP contribution in [0.2, 0.25) is 0 Å². The summed E-state index contributed by atoms with van der Waals surface area (Å²) < 4.78 is 27.2. The molecule has 7 nitrogen and oxygen atoms in total. The van der Waals surface area contributed by atoms with Crippen molar-refractivity contribution in [2.45, 2.75) is 31.2 Å². The van der Waals surface area contributed by atoms with Gasteiger partial charge < -0.3 is 10.4 Å². The molecule has 0 spiro atoms. The van der Waals surface area contributed by atoms with Gasteiger partial charge in [0.05, 0.1) is 4.90 Å². The van der Waals surface area contributed by atoms with Crippen molar-refractivity contribution in [3.05, 3.63) is 60.2 Å². The molecule has 0 unspecified atom stereocenters. The Morgan fingerprint density at radius 1 is 1.04 bits per heavy atom. The number of carbonyl (C=O) groups excluding carboxylic acids is 1. The first-order chi connectivity index (χ1) is 12.7. The Morgan fingerprint density at radius 3 is 2.15 bits per heavy atom. The van der Waals surface area contributed by atoms with Gasteiger partial charge in [0.1, 0.15) is 6.04 Å². The molecule has 27 heavy (non-hydrogen) atoms. The first-order valence-corrected chi connectivity index (χ1v) is 9.94. The van der Waals surface area contributed by atoms with Crippen LogP contribution in [0.1, 0.15) is 30.6 Å². The van der Waals surface area contributed by atoms with Crippen molar-refractivity contribution in [2.75, 3.05) is 4.72 Å². The minimum absolute atomic E-state index is 0.000358. The quantitative estimate of drug-likeness (QED) is 0.641. The number of amides is 1. The van der Waals surface area contributed by atoms with Gasteiger partial charge in [-0.15, -0.1) is 0 Å². The number of carboxylic acids is 1. The van der Waals surface area contributed by atoms with Crippen LogP contribution in [0.4, 0.5) is 5.69 Å². The lowest BCUT2D eigenvalue weighted by Crippen LogP contribution is -2.45. The molecule has 0 saturated heterocycles. The van der Waals surface area contributed by atoms with E-state index in [1.54, 1.807) is 37.3 Å². The fourth-order valence-corrected chi connectivity index (χ4v) is 3.47. The van der Waals surface area contributed by atoms with E-state index in [9.17, 15) is 23.1 Å². The first kappa shape index (κ1) is 20.4. The summed E-state index contributed by atoms with van der Waals surface area (Å²) in [4.78, 5) is 23.6. The highest BCUT2D eigenvalue weighted by Crippen LogP contribution is 2.17. The van der Waals surface area contributed by atoms with E-state index in [1.807, 2.05) is 6.92 Å².